The molecule has 3 heteroatoms. The van der Waals surface area contributed by atoms with E-state index in [0.717, 1.165) is 12.6 Å². The standard InChI is InChI=1S/C17H26ClNP/c1-14(2)19(15(3)4)20(18)12-8-11-17(20)13-16-9-6-5-7-10-16/h5-11,14-15,17H,12-13H2,1-4H3/q+1/t17-,20?/m0/s1. The van der Waals surface area contributed by atoms with Gasteiger partial charge in [0.2, 0.25) is 0 Å². The Hall–Kier alpha value is -0.360. The summed E-state index contributed by atoms with van der Waals surface area (Å²) >= 11 is 7.22. The van der Waals surface area contributed by atoms with Gasteiger partial charge in [0.1, 0.15) is 23.1 Å². The van der Waals surface area contributed by atoms with Crippen LogP contribution in [0.15, 0.2) is 42.5 Å². The molecule has 1 aliphatic heterocycles. The smallest absolute Gasteiger partial charge is 0.159 e. The molecule has 0 saturated carbocycles. The maximum Gasteiger partial charge on any atom is 0.194 e. The first-order valence-electron chi connectivity index (χ1n) is 7.52. The molecule has 1 nitrogen and oxygen atoms in total. The second kappa shape index (κ2) is 6.60. The van der Waals surface area contributed by atoms with Crippen LogP contribution >= 0.6 is 18.0 Å². The van der Waals surface area contributed by atoms with E-state index in [-0.39, 0.29) is 0 Å². The summed E-state index contributed by atoms with van der Waals surface area (Å²) in [6.45, 7) is 7.44. The fraction of sp³-hybridized carbons (Fsp3) is 0.529. The molecule has 0 fully saturated rings. The number of hydrogen-bond acceptors (Lipinski definition) is 1. The van der Waals surface area contributed by atoms with Crippen LogP contribution in [0, 0.1) is 0 Å². The molecule has 0 N–H and O–H groups in total. The van der Waals surface area contributed by atoms with Crippen molar-refractivity contribution in [2.45, 2.75) is 51.9 Å². The molecule has 110 valence electrons. The highest BCUT2D eigenvalue weighted by Crippen LogP contribution is 2.74. The third-order valence-corrected chi connectivity index (χ3v) is 9.43. The molecule has 0 aromatic heterocycles. The summed E-state index contributed by atoms with van der Waals surface area (Å²) in [7, 11) is 0. The van der Waals surface area contributed by atoms with Gasteiger partial charge in [-0.2, -0.15) is 4.67 Å². The zero-order chi connectivity index (χ0) is 14.8. The Labute approximate surface area is 129 Å². The van der Waals surface area contributed by atoms with E-state index < -0.39 is 6.77 Å². The minimum absolute atomic E-state index is 0.483. The minimum Gasteiger partial charge on any atom is -0.159 e. The Kier molecular flexibility index (Phi) is 5.29. The Balaban J connectivity index is 2.22. The van der Waals surface area contributed by atoms with Crippen LogP contribution in [0.1, 0.15) is 33.3 Å². The molecular formula is C17H26ClNP+. The van der Waals surface area contributed by atoms with Crippen molar-refractivity contribution in [3.63, 3.8) is 0 Å². The molecule has 1 aromatic rings. The topological polar surface area (TPSA) is 3.24 Å². The van der Waals surface area contributed by atoms with Crippen LogP contribution in [0.2, 0.25) is 0 Å². The van der Waals surface area contributed by atoms with Crippen LogP contribution in [0.4, 0.5) is 0 Å². The lowest BCUT2D eigenvalue weighted by molar-refractivity contribution is 0.319. The average Bonchev–Trinajstić information content (AvgIpc) is 2.71. The fourth-order valence-corrected chi connectivity index (χ4v) is 8.65. The van der Waals surface area contributed by atoms with Crippen molar-refractivity contribution >= 4 is 18.0 Å². The number of benzene rings is 1. The molecule has 1 aliphatic rings. The molecule has 1 aromatic carbocycles. The molecule has 0 aliphatic carbocycles. The van der Waals surface area contributed by atoms with Crippen LogP contribution in [0.25, 0.3) is 0 Å². The summed E-state index contributed by atoms with van der Waals surface area (Å²) in [6.07, 6.45) is 6.75. The number of nitrogens with zero attached hydrogens (tertiary/aromatic N) is 1. The van der Waals surface area contributed by atoms with Gasteiger partial charge >= 0.3 is 0 Å². The molecule has 0 spiro atoms. The largest absolute Gasteiger partial charge is 0.194 e. The Morgan fingerprint density at radius 1 is 1.15 bits per heavy atom. The van der Waals surface area contributed by atoms with E-state index in [1.54, 1.807) is 0 Å². The molecule has 0 radical (unpaired) electrons. The van der Waals surface area contributed by atoms with Gasteiger partial charge in [-0.1, -0.05) is 30.3 Å². The lowest BCUT2D eigenvalue weighted by Gasteiger charge is -2.37. The molecule has 0 amide bonds. The van der Waals surface area contributed by atoms with Gasteiger partial charge in [-0.3, -0.25) is 0 Å². The van der Waals surface area contributed by atoms with E-state index in [4.69, 9.17) is 11.2 Å². The van der Waals surface area contributed by atoms with Crippen molar-refractivity contribution in [2.75, 3.05) is 6.16 Å². The van der Waals surface area contributed by atoms with E-state index in [9.17, 15) is 0 Å². The molecule has 1 unspecified atom stereocenters. The summed E-state index contributed by atoms with van der Waals surface area (Å²) in [4.78, 5) is 0. The predicted molar refractivity (Wildman–Crippen MR) is 92.8 cm³/mol. The molecular weight excluding hydrogens is 285 g/mol. The van der Waals surface area contributed by atoms with Gasteiger partial charge in [0.05, 0.1) is 0 Å². The zero-order valence-corrected chi connectivity index (χ0v) is 14.6. The second-order valence-corrected chi connectivity index (χ2v) is 10.9. The molecule has 2 atom stereocenters. The third kappa shape index (κ3) is 3.27. The molecule has 2 rings (SSSR count). The van der Waals surface area contributed by atoms with Crippen molar-refractivity contribution in [3.8, 4) is 0 Å². The van der Waals surface area contributed by atoms with Gasteiger partial charge in [0, 0.05) is 18.5 Å². The SMILES string of the molecule is CC(C)N(C(C)C)[P+]1(Cl)CC=C[C@H]1Cc1ccccc1. The number of rotatable bonds is 5. The monoisotopic (exact) mass is 310 g/mol. The van der Waals surface area contributed by atoms with E-state index in [2.05, 4.69) is 74.8 Å². The quantitative estimate of drug-likeness (QED) is 0.522. The number of halogens is 1. The second-order valence-electron chi connectivity index (χ2n) is 6.17. The molecule has 0 saturated heterocycles. The average molecular weight is 311 g/mol. The highest BCUT2D eigenvalue weighted by molar-refractivity contribution is 7.98. The maximum absolute atomic E-state index is 7.22. The van der Waals surface area contributed by atoms with Crippen molar-refractivity contribution in [1.29, 1.82) is 0 Å². The highest BCUT2D eigenvalue weighted by atomic mass is 35.7. The van der Waals surface area contributed by atoms with Gasteiger partial charge < -0.3 is 0 Å². The Morgan fingerprint density at radius 3 is 2.30 bits per heavy atom. The predicted octanol–water partition coefficient (Wildman–Crippen LogP) is 5.37. The van der Waals surface area contributed by atoms with Crippen molar-refractivity contribution in [3.05, 3.63) is 48.0 Å². The summed E-state index contributed by atoms with van der Waals surface area (Å²) < 4.78 is 2.57. The van der Waals surface area contributed by atoms with Gasteiger partial charge in [-0.05, 0) is 45.4 Å². The first kappa shape index (κ1) is 16.0. The van der Waals surface area contributed by atoms with Crippen LogP contribution in [-0.4, -0.2) is 28.6 Å². The first-order valence-corrected chi connectivity index (χ1v) is 10.4. The molecule has 0 bridgehead atoms. The summed E-state index contributed by atoms with van der Waals surface area (Å²) in [5, 5.41) is 0. The van der Waals surface area contributed by atoms with Crippen LogP contribution < -0.4 is 0 Å². The lowest BCUT2D eigenvalue weighted by Crippen LogP contribution is -2.38. The Morgan fingerprint density at radius 2 is 1.75 bits per heavy atom. The summed E-state index contributed by atoms with van der Waals surface area (Å²) in [5.74, 6) is 0. The van der Waals surface area contributed by atoms with Crippen molar-refractivity contribution in [1.82, 2.24) is 4.67 Å². The van der Waals surface area contributed by atoms with Crippen LogP contribution in [0.3, 0.4) is 0 Å². The lowest BCUT2D eigenvalue weighted by atomic mass is 10.1. The van der Waals surface area contributed by atoms with E-state index >= 15 is 0 Å². The fourth-order valence-electron chi connectivity index (χ4n) is 3.33. The van der Waals surface area contributed by atoms with Crippen molar-refractivity contribution in [2.24, 2.45) is 0 Å². The van der Waals surface area contributed by atoms with Crippen LogP contribution in [0.5, 0.6) is 0 Å². The normalized spacial score (nSPS) is 26.1. The number of allylic oxidation sites excluding steroid dienone is 2. The molecule has 20 heavy (non-hydrogen) atoms. The minimum atomic E-state index is -1.62. The number of hydrogen-bond donors (Lipinski definition) is 0. The Bertz CT molecular complexity index is 449. The van der Waals surface area contributed by atoms with Gasteiger partial charge in [-0.15, -0.1) is 0 Å². The van der Waals surface area contributed by atoms with Gasteiger partial charge in [0.15, 0.2) is 6.77 Å². The third-order valence-electron chi connectivity index (χ3n) is 3.96. The van der Waals surface area contributed by atoms with E-state index in [1.807, 2.05) is 0 Å². The first-order chi connectivity index (χ1) is 9.45. The van der Waals surface area contributed by atoms with Crippen molar-refractivity contribution < 1.29 is 0 Å². The van der Waals surface area contributed by atoms with Gasteiger partial charge in [0.25, 0.3) is 0 Å². The summed E-state index contributed by atoms with van der Waals surface area (Å²) in [6, 6.07) is 11.7. The maximum atomic E-state index is 7.22. The zero-order valence-electron chi connectivity index (χ0n) is 13.0. The van der Waals surface area contributed by atoms with E-state index in [1.165, 1.54) is 5.56 Å². The van der Waals surface area contributed by atoms with Crippen LogP contribution in [-0.2, 0) is 6.42 Å². The van der Waals surface area contributed by atoms with E-state index in [0.29, 0.717) is 17.7 Å². The highest BCUT2D eigenvalue weighted by Gasteiger charge is 2.53. The van der Waals surface area contributed by atoms with Gasteiger partial charge in [-0.25, -0.2) is 0 Å². The summed E-state index contributed by atoms with van der Waals surface area (Å²) in [5.41, 5.74) is 1.87. The molecule has 1 heterocycles.